The van der Waals surface area contributed by atoms with Crippen LogP contribution in [0.25, 0.3) is 0 Å². The Labute approximate surface area is 121 Å². The highest BCUT2D eigenvalue weighted by atomic mass is 16.5. The Bertz CT molecular complexity index is 552. The van der Waals surface area contributed by atoms with E-state index in [1.165, 1.54) is 11.1 Å². The molecule has 0 amide bonds. The van der Waals surface area contributed by atoms with Crippen molar-refractivity contribution in [2.24, 2.45) is 0 Å². The molecule has 0 saturated carbocycles. The number of rotatable bonds is 4. The number of para-hydroxylation sites is 1. The van der Waals surface area contributed by atoms with Crippen molar-refractivity contribution in [3.63, 3.8) is 0 Å². The predicted octanol–water partition coefficient (Wildman–Crippen LogP) is 3.51. The fourth-order valence-corrected chi connectivity index (χ4v) is 2.86. The monoisotopic (exact) mass is 267 g/mol. The fraction of sp³-hybridized carbons (Fsp3) is 0.333. The molecule has 0 aliphatic carbocycles. The highest BCUT2D eigenvalue weighted by molar-refractivity contribution is 5.35. The number of benzene rings is 2. The lowest BCUT2D eigenvalue weighted by Crippen LogP contribution is -2.42. The molecule has 1 aliphatic heterocycles. The van der Waals surface area contributed by atoms with E-state index in [2.05, 4.69) is 60.4 Å². The summed E-state index contributed by atoms with van der Waals surface area (Å²) in [4.78, 5) is 2.51. The van der Waals surface area contributed by atoms with Crippen LogP contribution >= 0.6 is 0 Å². The van der Waals surface area contributed by atoms with Gasteiger partial charge in [-0.05, 0) is 30.2 Å². The zero-order valence-electron chi connectivity index (χ0n) is 12.0. The Kier molecular flexibility index (Phi) is 4.03. The molecular formula is C18H21NO. The minimum Gasteiger partial charge on any atom is -0.492 e. The van der Waals surface area contributed by atoms with Gasteiger partial charge in [0.25, 0.3) is 0 Å². The average molecular weight is 267 g/mol. The Morgan fingerprint density at radius 3 is 2.60 bits per heavy atom. The Hall–Kier alpha value is -1.80. The summed E-state index contributed by atoms with van der Waals surface area (Å²) in [6.45, 7) is 5.06. The molecule has 0 fully saturated rings. The van der Waals surface area contributed by atoms with E-state index in [1.54, 1.807) is 0 Å². The normalized spacial score (nSPS) is 17.6. The molecule has 2 heteroatoms. The molecule has 0 unspecified atom stereocenters. The van der Waals surface area contributed by atoms with E-state index in [9.17, 15) is 0 Å². The third-order valence-corrected chi connectivity index (χ3v) is 4.01. The van der Waals surface area contributed by atoms with Crippen molar-refractivity contribution in [2.45, 2.75) is 25.9 Å². The Morgan fingerprint density at radius 1 is 1.05 bits per heavy atom. The lowest BCUT2D eigenvalue weighted by Gasteiger charge is -2.34. The quantitative estimate of drug-likeness (QED) is 0.840. The number of likely N-dealkylation sites (N-methyl/N-ethyl adjacent to an activating group) is 1. The van der Waals surface area contributed by atoms with Gasteiger partial charge in [0.2, 0.25) is 0 Å². The van der Waals surface area contributed by atoms with Crippen molar-refractivity contribution in [2.75, 3.05) is 13.2 Å². The molecule has 104 valence electrons. The summed E-state index contributed by atoms with van der Waals surface area (Å²) in [5.41, 5.74) is 2.70. The maximum Gasteiger partial charge on any atom is 0.122 e. The summed E-state index contributed by atoms with van der Waals surface area (Å²) in [6.07, 6.45) is 1.08. The molecule has 20 heavy (non-hydrogen) atoms. The Balaban J connectivity index is 1.72. The van der Waals surface area contributed by atoms with E-state index in [4.69, 9.17) is 4.74 Å². The first kappa shape index (κ1) is 13.2. The summed E-state index contributed by atoms with van der Waals surface area (Å²) < 4.78 is 5.91. The minimum absolute atomic E-state index is 0.468. The molecule has 0 spiro atoms. The van der Waals surface area contributed by atoms with Gasteiger partial charge in [-0.1, -0.05) is 55.5 Å². The van der Waals surface area contributed by atoms with Crippen LogP contribution in [0.2, 0.25) is 0 Å². The van der Waals surface area contributed by atoms with E-state index in [0.29, 0.717) is 6.04 Å². The van der Waals surface area contributed by atoms with Gasteiger partial charge < -0.3 is 4.74 Å². The lowest BCUT2D eigenvalue weighted by molar-refractivity contribution is 0.118. The van der Waals surface area contributed by atoms with E-state index in [-0.39, 0.29) is 0 Å². The first-order valence-corrected chi connectivity index (χ1v) is 7.35. The van der Waals surface area contributed by atoms with Crippen LogP contribution in [0.15, 0.2) is 54.6 Å². The maximum atomic E-state index is 5.91. The van der Waals surface area contributed by atoms with E-state index in [1.807, 2.05) is 6.07 Å². The molecule has 2 aromatic carbocycles. The number of nitrogens with zero attached hydrogens (tertiary/aromatic N) is 1. The second kappa shape index (κ2) is 6.10. The molecule has 3 rings (SSSR count). The van der Waals surface area contributed by atoms with Crippen LogP contribution in [0.4, 0.5) is 0 Å². The van der Waals surface area contributed by atoms with Gasteiger partial charge in [-0.3, -0.25) is 4.90 Å². The number of ether oxygens (including phenoxy) is 1. The van der Waals surface area contributed by atoms with Gasteiger partial charge in [0.15, 0.2) is 0 Å². The summed E-state index contributed by atoms with van der Waals surface area (Å²) in [6, 6.07) is 19.5. The highest BCUT2D eigenvalue weighted by Crippen LogP contribution is 2.26. The van der Waals surface area contributed by atoms with Crippen molar-refractivity contribution >= 4 is 0 Å². The van der Waals surface area contributed by atoms with E-state index >= 15 is 0 Å². The molecule has 1 aliphatic rings. The van der Waals surface area contributed by atoms with E-state index in [0.717, 1.165) is 31.9 Å². The first-order chi connectivity index (χ1) is 9.86. The second-order valence-electron chi connectivity index (χ2n) is 5.33. The summed E-state index contributed by atoms with van der Waals surface area (Å²) in [5.74, 6) is 1.06. The average Bonchev–Trinajstić information content (AvgIpc) is 2.53. The molecular weight excluding hydrogens is 246 g/mol. The summed E-state index contributed by atoms with van der Waals surface area (Å²) in [7, 11) is 0. The number of fused-ring (bicyclic) bond motifs is 1. The third-order valence-electron chi connectivity index (χ3n) is 4.01. The van der Waals surface area contributed by atoms with Crippen LogP contribution < -0.4 is 4.74 Å². The molecule has 1 heterocycles. The highest BCUT2D eigenvalue weighted by Gasteiger charge is 2.24. The molecule has 2 nitrogen and oxygen atoms in total. The van der Waals surface area contributed by atoms with Crippen molar-refractivity contribution < 1.29 is 4.74 Å². The van der Waals surface area contributed by atoms with Gasteiger partial charge in [-0.2, -0.15) is 0 Å². The van der Waals surface area contributed by atoms with Crippen LogP contribution in [0, 0.1) is 0 Å². The first-order valence-electron chi connectivity index (χ1n) is 7.35. The van der Waals surface area contributed by atoms with Crippen molar-refractivity contribution in [3.05, 3.63) is 65.7 Å². The standard InChI is InChI=1S/C18H21NO/c1-2-19(13-15-8-4-3-5-9-15)17-12-16-10-6-7-11-18(16)20-14-17/h3-11,17H,2,12-14H2,1H3/t17-/m0/s1. The van der Waals surface area contributed by atoms with Gasteiger partial charge >= 0.3 is 0 Å². The summed E-state index contributed by atoms with van der Waals surface area (Å²) >= 11 is 0. The van der Waals surface area contributed by atoms with Crippen LogP contribution in [0.1, 0.15) is 18.1 Å². The largest absolute Gasteiger partial charge is 0.492 e. The molecule has 2 aromatic rings. The predicted molar refractivity (Wildman–Crippen MR) is 82.0 cm³/mol. The van der Waals surface area contributed by atoms with Gasteiger partial charge in [-0.15, -0.1) is 0 Å². The van der Waals surface area contributed by atoms with Gasteiger partial charge in [-0.25, -0.2) is 0 Å². The molecule has 1 atom stereocenters. The van der Waals surface area contributed by atoms with Gasteiger partial charge in [0, 0.05) is 12.6 Å². The van der Waals surface area contributed by atoms with Crippen LogP contribution in [0.5, 0.6) is 5.75 Å². The van der Waals surface area contributed by atoms with Gasteiger partial charge in [0.05, 0.1) is 0 Å². The number of hydrogen-bond donors (Lipinski definition) is 0. The molecule has 0 saturated heterocycles. The second-order valence-corrected chi connectivity index (χ2v) is 5.33. The zero-order valence-corrected chi connectivity index (χ0v) is 12.0. The molecule has 0 bridgehead atoms. The maximum absolute atomic E-state index is 5.91. The Morgan fingerprint density at radius 2 is 1.80 bits per heavy atom. The zero-order chi connectivity index (χ0) is 13.8. The number of hydrogen-bond acceptors (Lipinski definition) is 2. The van der Waals surface area contributed by atoms with Crippen LogP contribution in [0.3, 0.4) is 0 Å². The fourth-order valence-electron chi connectivity index (χ4n) is 2.86. The minimum atomic E-state index is 0.468. The van der Waals surface area contributed by atoms with Crippen molar-refractivity contribution in [3.8, 4) is 5.75 Å². The smallest absolute Gasteiger partial charge is 0.122 e. The SMILES string of the molecule is CCN(Cc1ccccc1)[C@@H]1COc2ccccc2C1. The van der Waals surface area contributed by atoms with Gasteiger partial charge in [0.1, 0.15) is 12.4 Å². The molecule has 0 N–H and O–H groups in total. The molecule has 0 aromatic heterocycles. The molecule has 0 radical (unpaired) electrons. The van der Waals surface area contributed by atoms with Crippen molar-refractivity contribution in [1.29, 1.82) is 0 Å². The lowest BCUT2D eigenvalue weighted by atomic mass is 10.0. The van der Waals surface area contributed by atoms with Crippen molar-refractivity contribution in [1.82, 2.24) is 4.90 Å². The summed E-state index contributed by atoms with van der Waals surface area (Å²) in [5, 5.41) is 0. The third kappa shape index (κ3) is 2.86. The van der Waals surface area contributed by atoms with E-state index < -0.39 is 0 Å². The van der Waals surface area contributed by atoms with Crippen LogP contribution in [-0.2, 0) is 13.0 Å². The van der Waals surface area contributed by atoms with Crippen LogP contribution in [-0.4, -0.2) is 24.1 Å². The topological polar surface area (TPSA) is 12.5 Å².